The molecule has 5 heteroatoms. The molecule has 0 unspecified atom stereocenters. The van der Waals surface area contributed by atoms with E-state index < -0.39 is 0 Å². The van der Waals surface area contributed by atoms with Crippen LogP contribution in [-0.4, -0.2) is 28.0 Å². The number of fused-ring (bicyclic) bond motifs is 1. The number of hydrogen-bond donors (Lipinski definition) is 4. The van der Waals surface area contributed by atoms with E-state index in [1.54, 1.807) is 23.0 Å². The van der Waals surface area contributed by atoms with Crippen molar-refractivity contribution in [3.8, 4) is 5.75 Å². The quantitative estimate of drug-likeness (QED) is 0.435. The first-order valence-corrected chi connectivity index (χ1v) is 4.67. The van der Waals surface area contributed by atoms with Crippen LogP contribution in [0.25, 0.3) is 10.9 Å². The van der Waals surface area contributed by atoms with E-state index in [1.807, 2.05) is 6.07 Å². The summed E-state index contributed by atoms with van der Waals surface area (Å²) in [7, 11) is 0. The molecule has 0 saturated heterocycles. The zero-order valence-corrected chi connectivity index (χ0v) is 8.14. The van der Waals surface area contributed by atoms with Crippen molar-refractivity contribution in [1.82, 2.24) is 4.68 Å². The molecule has 0 aliphatic rings. The largest absolute Gasteiger partial charge is 0.506 e. The van der Waals surface area contributed by atoms with Crippen LogP contribution in [0.2, 0.25) is 0 Å². The number of nitrogens with zero attached hydrogens (tertiary/aromatic N) is 1. The van der Waals surface area contributed by atoms with Crippen LogP contribution in [-0.2, 0) is 0 Å². The summed E-state index contributed by atoms with van der Waals surface area (Å²) in [6.07, 6.45) is 1.76. The molecule has 2 rings (SSSR count). The smallest absolute Gasteiger partial charge is 0.141 e. The maximum Gasteiger partial charge on any atom is 0.141 e. The standard InChI is InChI=1S/C10H13N3O2/c11-8-1-2-9(15)10-7(8)3-5-13(10)12-4-6-14/h1-3,5,12,14-15H,4,6,11H2. The third-order valence-electron chi connectivity index (χ3n) is 2.25. The Morgan fingerprint density at radius 3 is 2.87 bits per heavy atom. The Morgan fingerprint density at radius 2 is 2.13 bits per heavy atom. The van der Waals surface area contributed by atoms with Gasteiger partial charge in [-0.15, -0.1) is 0 Å². The van der Waals surface area contributed by atoms with Gasteiger partial charge < -0.3 is 21.4 Å². The molecule has 0 atom stereocenters. The first-order valence-electron chi connectivity index (χ1n) is 4.67. The van der Waals surface area contributed by atoms with Gasteiger partial charge in [-0.05, 0) is 18.2 Å². The van der Waals surface area contributed by atoms with Gasteiger partial charge in [0.15, 0.2) is 0 Å². The first kappa shape index (κ1) is 9.67. The molecule has 0 amide bonds. The van der Waals surface area contributed by atoms with Crippen LogP contribution in [0.3, 0.4) is 0 Å². The second kappa shape index (κ2) is 3.70. The SMILES string of the molecule is Nc1ccc(O)c2c1ccn2NCCO. The fraction of sp³-hybridized carbons (Fsp3) is 0.200. The van der Waals surface area contributed by atoms with Crippen molar-refractivity contribution < 1.29 is 10.2 Å². The summed E-state index contributed by atoms with van der Waals surface area (Å²) in [6.45, 7) is 0.445. The maximum atomic E-state index is 9.69. The second-order valence-corrected chi connectivity index (χ2v) is 3.25. The van der Waals surface area contributed by atoms with Crippen LogP contribution < -0.4 is 11.2 Å². The number of rotatable bonds is 3. The minimum absolute atomic E-state index is 0.0305. The van der Waals surface area contributed by atoms with Gasteiger partial charge in [0, 0.05) is 17.3 Å². The molecule has 0 fully saturated rings. The average Bonchev–Trinajstić information content (AvgIpc) is 2.65. The molecule has 0 radical (unpaired) electrons. The number of nitrogens with one attached hydrogen (secondary N) is 1. The van der Waals surface area contributed by atoms with Crippen LogP contribution in [0, 0.1) is 0 Å². The number of phenolic OH excluding ortho intramolecular Hbond substituents is 1. The molecule has 0 spiro atoms. The Morgan fingerprint density at radius 1 is 1.33 bits per heavy atom. The molecule has 15 heavy (non-hydrogen) atoms. The van der Waals surface area contributed by atoms with E-state index in [4.69, 9.17) is 10.8 Å². The molecule has 0 saturated carbocycles. The molecule has 80 valence electrons. The minimum Gasteiger partial charge on any atom is -0.506 e. The van der Waals surface area contributed by atoms with E-state index in [9.17, 15) is 5.11 Å². The fourth-order valence-corrected chi connectivity index (χ4v) is 1.57. The lowest BCUT2D eigenvalue weighted by Gasteiger charge is -2.09. The van der Waals surface area contributed by atoms with Crippen molar-refractivity contribution >= 4 is 16.6 Å². The van der Waals surface area contributed by atoms with Crippen LogP contribution >= 0.6 is 0 Å². The lowest BCUT2D eigenvalue weighted by molar-refractivity contribution is 0.307. The van der Waals surface area contributed by atoms with E-state index in [2.05, 4.69) is 5.43 Å². The van der Waals surface area contributed by atoms with E-state index in [-0.39, 0.29) is 12.4 Å². The topological polar surface area (TPSA) is 83.4 Å². The van der Waals surface area contributed by atoms with Crippen molar-refractivity contribution in [3.05, 3.63) is 24.4 Å². The number of hydrogen-bond acceptors (Lipinski definition) is 4. The Hall–Kier alpha value is -1.88. The number of aliphatic hydroxyl groups excluding tert-OH is 1. The number of nitrogens with two attached hydrogens (primary N) is 1. The molecular weight excluding hydrogens is 194 g/mol. The molecule has 0 bridgehead atoms. The number of anilines is 1. The van der Waals surface area contributed by atoms with Crippen molar-refractivity contribution in [2.24, 2.45) is 0 Å². The van der Waals surface area contributed by atoms with Gasteiger partial charge in [0.1, 0.15) is 11.3 Å². The number of nitrogen functional groups attached to an aromatic ring is 1. The number of phenols is 1. The Bertz CT molecular complexity index is 479. The van der Waals surface area contributed by atoms with Gasteiger partial charge in [-0.1, -0.05) is 0 Å². The molecular formula is C10H13N3O2. The zero-order valence-electron chi connectivity index (χ0n) is 8.14. The molecule has 1 heterocycles. The molecule has 0 aliphatic carbocycles. The van der Waals surface area contributed by atoms with Crippen molar-refractivity contribution in [1.29, 1.82) is 0 Å². The monoisotopic (exact) mass is 207 g/mol. The van der Waals surface area contributed by atoms with Crippen molar-refractivity contribution in [2.45, 2.75) is 0 Å². The Labute approximate surface area is 86.7 Å². The summed E-state index contributed by atoms with van der Waals surface area (Å²) >= 11 is 0. The summed E-state index contributed by atoms with van der Waals surface area (Å²) in [5.41, 5.74) is 9.95. The maximum absolute atomic E-state index is 9.69. The normalized spacial score (nSPS) is 10.7. The van der Waals surface area contributed by atoms with E-state index in [0.717, 1.165) is 5.39 Å². The highest BCUT2D eigenvalue weighted by Crippen LogP contribution is 2.29. The van der Waals surface area contributed by atoms with Crippen molar-refractivity contribution in [3.63, 3.8) is 0 Å². The van der Waals surface area contributed by atoms with Crippen LogP contribution in [0.1, 0.15) is 0 Å². The van der Waals surface area contributed by atoms with Gasteiger partial charge in [-0.2, -0.15) is 0 Å². The lowest BCUT2D eigenvalue weighted by atomic mass is 10.2. The number of benzene rings is 1. The number of aromatic nitrogens is 1. The zero-order chi connectivity index (χ0) is 10.8. The average molecular weight is 207 g/mol. The molecule has 1 aromatic carbocycles. The first-order chi connectivity index (χ1) is 7.24. The summed E-state index contributed by atoms with van der Waals surface area (Å²) < 4.78 is 1.65. The highest BCUT2D eigenvalue weighted by atomic mass is 16.3. The summed E-state index contributed by atoms with van der Waals surface area (Å²) in [5.74, 6) is 0.162. The molecule has 2 aromatic rings. The van der Waals surface area contributed by atoms with Crippen LogP contribution in [0.4, 0.5) is 5.69 Å². The molecule has 1 aromatic heterocycles. The highest BCUT2D eigenvalue weighted by molar-refractivity contribution is 5.95. The van der Waals surface area contributed by atoms with Crippen LogP contribution in [0.5, 0.6) is 5.75 Å². The van der Waals surface area contributed by atoms with Gasteiger partial charge in [0.05, 0.1) is 13.2 Å². The predicted molar refractivity (Wildman–Crippen MR) is 59.3 cm³/mol. The van der Waals surface area contributed by atoms with Gasteiger partial charge >= 0.3 is 0 Å². The third-order valence-corrected chi connectivity index (χ3v) is 2.25. The van der Waals surface area contributed by atoms with Gasteiger partial charge in [0.2, 0.25) is 0 Å². The number of aliphatic hydroxyl groups is 1. The fourth-order valence-electron chi connectivity index (χ4n) is 1.57. The lowest BCUT2D eigenvalue weighted by Crippen LogP contribution is -2.17. The second-order valence-electron chi connectivity index (χ2n) is 3.25. The van der Waals surface area contributed by atoms with E-state index >= 15 is 0 Å². The Kier molecular flexibility index (Phi) is 2.39. The molecule has 5 N–H and O–H groups in total. The van der Waals surface area contributed by atoms with Gasteiger partial charge in [-0.3, -0.25) is 4.68 Å². The highest BCUT2D eigenvalue weighted by Gasteiger charge is 2.07. The number of aromatic hydroxyl groups is 1. The summed E-state index contributed by atoms with van der Waals surface area (Å²) in [6, 6.07) is 5.03. The minimum atomic E-state index is 0.0305. The summed E-state index contributed by atoms with van der Waals surface area (Å²) in [4.78, 5) is 0. The molecule has 5 nitrogen and oxygen atoms in total. The molecule has 0 aliphatic heterocycles. The third kappa shape index (κ3) is 1.57. The van der Waals surface area contributed by atoms with E-state index in [1.165, 1.54) is 0 Å². The van der Waals surface area contributed by atoms with Crippen LogP contribution in [0.15, 0.2) is 24.4 Å². The Balaban J connectivity index is 2.53. The predicted octanol–water partition coefficient (Wildman–Crippen LogP) is 0.465. The summed E-state index contributed by atoms with van der Waals surface area (Å²) in [5, 5.41) is 19.2. The van der Waals surface area contributed by atoms with E-state index in [0.29, 0.717) is 17.7 Å². The van der Waals surface area contributed by atoms with Gasteiger partial charge in [-0.25, -0.2) is 0 Å². The van der Waals surface area contributed by atoms with Crippen molar-refractivity contribution in [2.75, 3.05) is 24.3 Å². The van der Waals surface area contributed by atoms with Gasteiger partial charge in [0.25, 0.3) is 0 Å².